The Morgan fingerprint density at radius 2 is 0.400 bits per heavy atom. The third-order valence-corrected chi connectivity index (χ3v) is 19.7. The Hall–Kier alpha value is 0. The normalized spacial score (nSPS) is 50.9. The summed E-state index contributed by atoms with van der Waals surface area (Å²) in [5.74, 6) is 13.0. The van der Waals surface area contributed by atoms with Crippen LogP contribution in [0.15, 0.2) is 0 Å². The molecule has 9 rings (SSSR count). The second-order valence-corrected chi connectivity index (χ2v) is 22.4. The molecule has 8 atom stereocenters. The van der Waals surface area contributed by atoms with E-state index in [4.69, 9.17) is 0 Å². The Labute approximate surface area is 312 Å². The van der Waals surface area contributed by atoms with E-state index in [2.05, 4.69) is 0 Å². The minimum absolute atomic E-state index is 0.659. The number of hydrogen-bond acceptors (Lipinski definition) is 0. The molecule has 0 saturated heterocycles. The molecule has 0 heteroatoms. The average molecular weight is 685 g/mol. The van der Waals surface area contributed by atoms with E-state index in [0.29, 0.717) is 10.8 Å². The van der Waals surface area contributed by atoms with Crippen LogP contribution in [0.3, 0.4) is 0 Å². The minimum Gasteiger partial charge on any atom is -0.0533 e. The fourth-order valence-electron chi connectivity index (χ4n) is 18.3. The third kappa shape index (κ3) is 7.12. The summed E-state index contributed by atoms with van der Waals surface area (Å²) >= 11 is 0. The lowest BCUT2D eigenvalue weighted by Crippen LogP contribution is -2.63. The van der Waals surface area contributed by atoms with Crippen LogP contribution in [-0.4, -0.2) is 0 Å². The maximum absolute atomic E-state index is 1.69. The van der Waals surface area contributed by atoms with Gasteiger partial charge >= 0.3 is 0 Å². The van der Waals surface area contributed by atoms with Crippen molar-refractivity contribution in [2.45, 2.75) is 231 Å². The van der Waals surface area contributed by atoms with Gasteiger partial charge in [-0.2, -0.15) is 0 Å². The predicted molar refractivity (Wildman–Crippen MR) is 213 cm³/mol. The zero-order valence-corrected chi connectivity index (χ0v) is 33.4. The first-order chi connectivity index (χ1) is 24.7. The van der Waals surface area contributed by atoms with Crippen molar-refractivity contribution in [1.29, 1.82) is 0 Å². The molecule has 284 valence electrons. The largest absolute Gasteiger partial charge is 0.0533 e. The lowest BCUT2D eigenvalue weighted by molar-refractivity contribution is -0.214. The van der Waals surface area contributed by atoms with Crippen molar-refractivity contribution >= 4 is 0 Å². The fraction of sp³-hybridized carbons (Fsp3) is 1.00. The molecular formula is C50H84. The van der Waals surface area contributed by atoms with E-state index in [9.17, 15) is 0 Å². The highest BCUT2D eigenvalue weighted by molar-refractivity contribution is 5.15. The molecule has 50 heavy (non-hydrogen) atoms. The zero-order valence-electron chi connectivity index (χ0n) is 33.4. The molecule has 9 aliphatic rings. The summed E-state index contributed by atoms with van der Waals surface area (Å²) in [5, 5.41) is 0. The molecule has 0 aromatic heterocycles. The van der Waals surface area contributed by atoms with Gasteiger partial charge in [0.1, 0.15) is 0 Å². The highest BCUT2D eigenvalue weighted by Crippen LogP contribution is 2.74. The molecule has 0 nitrogen and oxygen atoms in total. The molecule has 0 heterocycles. The van der Waals surface area contributed by atoms with E-state index in [1.54, 1.807) is 205 Å². The van der Waals surface area contributed by atoms with Crippen LogP contribution in [0.2, 0.25) is 0 Å². The monoisotopic (exact) mass is 685 g/mol. The Balaban J connectivity index is 1.23. The maximum atomic E-state index is 1.69. The van der Waals surface area contributed by atoms with Gasteiger partial charge in [-0.25, -0.2) is 0 Å². The first-order valence-corrected chi connectivity index (χ1v) is 24.7. The van der Waals surface area contributed by atoms with E-state index in [0.717, 1.165) is 71.0 Å². The van der Waals surface area contributed by atoms with Crippen molar-refractivity contribution in [2.75, 3.05) is 0 Å². The molecule has 8 unspecified atom stereocenters. The van der Waals surface area contributed by atoms with Gasteiger partial charge in [0.05, 0.1) is 0 Å². The number of rotatable bonds is 4. The van der Waals surface area contributed by atoms with Crippen molar-refractivity contribution in [3.8, 4) is 0 Å². The first-order valence-electron chi connectivity index (χ1n) is 24.7. The van der Waals surface area contributed by atoms with Crippen molar-refractivity contribution in [3.05, 3.63) is 0 Å². The van der Waals surface area contributed by atoms with Crippen molar-refractivity contribution in [2.24, 2.45) is 81.8 Å². The van der Waals surface area contributed by atoms with Gasteiger partial charge in [0, 0.05) is 0 Å². The molecule has 0 amide bonds. The molecule has 0 radical (unpaired) electrons. The summed E-state index contributed by atoms with van der Waals surface area (Å²) in [7, 11) is 0. The molecule has 9 aliphatic carbocycles. The van der Waals surface area contributed by atoms with Gasteiger partial charge in [-0.3, -0.25) is 0 Å². The summed E-state index contributed by atoms with van der Waals surface area (Å²) in [6.07, 6.45) is 58.1. The molecule has 0 aromatic carbocycles. The molecule has 0 aromatic rings. The Morgan fingerprint density at radius 3 is 0.620 bits per heavy atom. The summed E-state index contributed by atoms with van der Waals surface area (Å²) < 4.78 is 0. The molecular weight excluding hydrogens is 601 g/mol. The van der Waals surface area contributed by atoms with Crippen LogP contribution in [0.1, 0.15) is 231 Å². The van der Waals surface area contributed by atoms with Crippen LogP contribution in [0.4, 0.5) is 0 Å². The Bertz CT molecular complexity index is 874. The van der Waals surface area contributed by atoms with Gasteiger partial charge in [-0.1, -0.05) is 141 Å². The van der Waals surface area contributed by atoms with E-state index in [1.165, 1.54) is 25.7 Å². The second-order valence-electron chi connectivity index (χ2n) is 22.4. The van der Waals surface area contributed by atoms with Gasteiger partial charge in [-0.15, -0.1) is 0 Å². The van der Waals surface area contributed by atoms with Gasteiger partial charge in [-0.05, 0) is 172 Å². The van der Waals surface area contributed by atoms with E-state index >= 15 is 0 Å². The third-order valence-electron chi connectivity index (χ3n) is 19.7. The highest BCUT2D eigenvalue weighted by atomic mass is 14.7. The standard InChI is InChI=1S/C50H84/c1-2-4-6-8-10-24-50(47-33-41-19-13-20-42(27-41)34-47,48-35-43-21-14-22-44(28-43)36-48)49(23-9-7-5-3-1,45-29-37-15-11-16-38(25-37)30-45)46-31-39-17-12-18-40(26-39)32-46/h37-48H,1-36H2. The lowest BCUT2D eigenvalue weighted by Gasteiger charge is -2.70. The van der Waals surface area contributed by atoms with Gasteiger partial charge in [0.15, 0.2) is 0 Å². The maximum Gasteiger partial charge on any atom is -0.0179 e. The smallest absolute Gasteiger partial charge is 0.0179 e. The Kier molecular flexibility index (Phi) is 11.4. The fourth-order valence-corrected chi connectivity index (χ4v) is 18.3. The molecule has 0 spiro atoms. The molecule has 0 N–H and O–H groups in total. The van der Waals surface area contributed by atoms with Crippen molar-refractivity contribution < 1.29 is 0 Å². The van der Waals surface area contributed by atoms with Crippen LogP contribution in [0, 0.1) is 81.8 Å². The molecule has 9 fully saturated rings. The van der Waals surface area contributed by atoms with Crippen LogP contribution < -0.4 is 0 Å². The second kappa shape index (κ2) is 16.0. The van der Waals surface area contributed by atoms with Crippen LogP contribution in [-0.2, 0) is 0 Å². The first kappa shape index (κ1) is 35.7. The quantitative estimate of drug-likeness (QED) is 0.276. The summed E-state index contributed by atoms with van der Waals surface area (Å²) in [4.78, 5) is 0. The molecule has 9 saturated carbocycles. The zero-order chi connectivity index (χ0) is 33.4. The summed E-state index contributed by atoms with van der Waals surface area (Å²) in [6.45, 7) is 0. The molecule has 0 aliphatic heterocycles. The summed E-state index contributed by atoms with van der Waals surface area (Å²) in [5.41, 5.74) is 1.32. The summed E-state index contributed by atoms with van der Waals surface area (Å²) in [6, 6.07) is 0. The predicted octanol–water partition coefficient (Wildman–Crippen LogP) is 15.5. The number of hydrogen-bond donors (Lipinski definition) is 0. The van der Waals surface area contributed by atoms with E-state index in [-0.39, 0.29) is 0 Å². The molecule has 8 bridgehead atoms. The lowest BCUT2D eigenvalue weighted by atomic mass is 9.34. The van der Waals surface area contributed by atoms with Crippen molar-refractivity contribution in [3.63, 3.8) is 0 Å². The van der Waals surface area contributed by atoms with E-state index in [1.807, 2.05) is 0 Å². The van der Waals surface area contributed by atoms with Gasteiger partial charge in [0.25, 0.3) is 0 Å². The van der Waals surface area contributed by atoms with Crippen LogP contribution in [0.5, 0.6) is 0 Å². The van der Waals surface area contributed by atoms with E-state index < -0.39 is 0 Å². The van der Waals surface area contributed by atoms with Gasteiger partial charge in [0.2, 0.25) is 0 Å². The SMILES string of the molecule is C1CCCCCCC(C2CC3CCCC(C3)C2)(C2CC3CCCC(C3)C2)C(C2CC3CCCC(C3)C2)(C2CC3CCCC(C3)C2)CCCCC1. The topological polar surface area (TPSA) is 0 Å². The minimum atomic E-state index is 0.659. The highest BCUT2D eigenvalue weighted by Gasteiger charge is 2.66. The van der Waals surface area contributed by atoms with Crippen LogP contribution in [0.25, 0.3) is 0 Å². The van der Waals surface area contributed by atoms with Crippen LogP contribution >= 0.6 is 0 Å². The Morgan fingerprint density at radius 1 is 0.200 bits per heavy atom. The number of fused-ring (bicyclic) bond motifs is 8. The average Bonchev–Trinajstić information content (AvgIpc) is 3.11. The van der Waals surface area contributed by atoms with Crippen molar-refractivity contribution in [1.82, 2.24) is 0 Å². The van der Waals surface area contributed by atoms with Gasteiger partial charge < -0.3 is 0 Å².